The van der Waals surface area contributed by atoms with Crippen LogP contribution in [0.2, 0.25) is 0 Å². The lowest BCUT2D eigenvalue weighted by Gasteiger charge is -2.11. The van der Waals surface area contributed by atoms with Crippen LogP contribution in [0.3, 0.4) is 0 Å². The fourth-order valence-electron chi connectivity index (χ4n) is 3.10. The molecule has 4 aromatic rings. The average Bonchev–Trinajstić information content (AvgIpc) is 3.35. The van der Waals surface area contributed by atoms with Crippen LogP contribution in [0, 0.1) is 13.8 Å². The highest BCUT2D eigenvalue weighted by Gasteiger charge is 2.22. The van der Waals surface area contributed by atoms with Gasteiger partial charge in [0, 0.05) is 25.2 Å². The molecule has 0 bridgehead atoms. The monoisotopic (exact) mass is 490 g/mol. The molecule has 8 nitrogen and oxygen atoms in total. The van der Waals surface area contributed by atoms with E-state index in [1.807, 2.05) is 32.0 Å². The predicted molar refractivity (Wildman–Crippen MR) is 126 cm³/mol. The van der Waals surface area contributed by atoms with Crippen molar-refractivity contribution in [1.29, 1.82) is 0 Å². The average molecular weight is 491 g/mol. The summed E-state index contributed by atoms with van der Waals surface area (Å²) in [4.78, 5) is 24.2. The second-order valence-corrected chi connectivity index (χ2v) is 11.6. The molecule has 0 fully saturated rings. The minimum atomic E-state index is -3.65. The zero-order valence-electron chi connectivity index (χ0n) is 18.0. The summed E-state index contributed by atoms with van der Waals surface area (Å²) in [7, 11) is -0.743. The van der Waals surface area contributed by atoms with E-state index in [-0.39, 0.29) is 17.2 Å². The normalized spacial score (nSPS) is 12.2. The number of fused-ring (bicyclic) bond motifs is 1. The van der Waals surface area contributed by atoms with Crippen molar-refractivity contribution >= 4 is 43.3 Å². The second kappa shape index (κ2) is 8.81. The van der Waals surface area contributed by atoms with Gasteiger partial charge in [-0.1, -0.05) is 17.8 Å². The van der Waals surface area contributed by atoms with Gasteiger partial charge in [0.15, 0.2) is 5.16 Å². The van der Waals surface area contributed by atoms with Crippen LogP contribution < -0.4 is 5.56 Å². The van der Waals surface area contributed by atoms with Gasteiger partial charge in [0.1, 0.15) is 10.6 Å². The third kappa shape index (κ3) is 4.25. The van der Waals surface area contributed by atoms with E-state index in [9.17, 15) is 13.2 Å². The van der Waals surface area contributed by atoms with E-state index in [1.165, 1.54) is 43.3 Å². The quantitative estimate of drug-likeness (QED) is 0.288. The number of pyridine rings is 1. The van der Waals surface area contributed by atoms with Crippen molar-refractivity contribution < 1.29 is 12.8 Å². The van der Waals surface area contributed by atoms with Crippen LogP contribution in [-0.2, 0) is 22.3 Å². The van der Waals surface area contributed by atoms with E-state index in [0.717, 1.165) is 20.4 Å². The van der Waals surface area contributed by atoms with Crippen LogP contribution in [0.15, 0.2) is 56.0 Å². The molecule has 0 amide bonds. The van der Waals surface area contributed by atoms with E-state index < -0.39 is 10.0 Å². The zero-order valence-corrected chi connectivity index (χ0v) is 20.5. The first-order valence-electron chi connectivity index (χ1n) is 9.73. The van der Waals surface area contributed by atoms with Gasteiger partial charge in [0.05, 0.1) is 23.4 Å². The summed E-state index contributed by atoms with van der Waals surface area (Å²) in [6.07, 6.45) is 1.69. The Bertz CT molecular complexity index is 1440. The molecule has 0 atom stereocenters. The fourth-order valence-corrected chi connectivity index (χ4v) is 5.88. The Morgan fingerprint density at radius 2 is 1.97 bits per heavy atom. The number of sulfonamides is 1. The molecule has 4 heterocycles. The van der Waals surface area contributed by atoms with E-state index >= 15 is 0 Å². The minimum Gasteiger partial charge on any atom is -0.447 e. The molecule has 32 heavy (non-hydrogen) atoms. The first kappa shape index (κ1) is 22.7. The van der Waals surface area contributed by atoms with E-state index in [0.29, 0.717) is 26.9 Å². The summed E-state index contributed by atoms with van der Waals surface area (Å²) in [6.45, 7) is 4.20. The molecule has 4 aromatic heterocycles. The molecule has 0 aliphatic heterocycles. The summed E-state index contributed by atoms with van der Waals surface area (Å²) < 4.78 is 32.8. The molecule has 4 rings (SSSR count). The number of hydrogen-bond donors (Lipinski definition) is 0. The number of aryl methyl sites for hydroxylation is 2. The molecule has 168 valence electrons. The first-order valence-corrected chi connectivity index (χ1v) is 13.0. The Labute approximate surface area is 194 Å². The fraction of sp³-hybridized carbons (Fsp3) is 0.286. The number of rotatable bonds is 7. The molecule has 0 radical (unpaired) electrons. The third-order valence-electron chi connectivity index (χ3n) is 5.02. The predicted octanol–water partition coefficient (Wildman–Crippen LogP) is 3.65. The molecule has 0 aliphatic rings. The van der Waals surface area contributed by atoms with Gasteiger partial charge in [-0.3, -0.25) is 14.3 Å². The first-order chi connectivity index (χ1) is 15.2. The molecule has 11 heteroatoms. The number of thiophene rings is 1. The molecule has 0 aromatic carbocycles. The van der Waals surface area contributed by atoms with Crippen molar-refractivity contribution in [2.45, 2.75) is 36.4 Å². The largest absolute Gasteiger partial charge is 0.447 e. The Morgan fingerprint density at radius 3 is 2.66 bits per heavy atom. The van der Waals surface area contributed by atoms with Crippen molar-refractivity contribution in [3.8, 4) is 0 Å². The zero-order chi connectivity index (χ0) is 23.0. The Hall–Kier alpha value is -2.47. The Balaban J connectivity index is 1.71. The maximum absolute atomic E-state index is 13.4. The summed E-state index contributed by atoms with van der Waals surface area (Å²) >= 11 is 2.82. The van der Waals surface area contributed by atoms with Gasteiger partial charge < -0.3 is 4.42 Å². The van der Waals surface area contributed by atoms with Gasteiger partial charge in [-0.05, 0) is 43.7 Å². The lowest BCUT2D eigenvalue weighted by atomic mass is 10.2. The minimum absolute atomic E-state index is 0.111. The van der Waals surface area contributed by atoms with Crippen molar-refractivity contribution in [3.05, 3.63) is 68.8 Å². The molecule has 0 unspecified atom stereocenters. The van der Waals surface area contributed by atoms with Crippen LogP contribution in [-0.4, -0.2) is 41.4 Å². The van der Waals surface area contributed by atoms with Gasteiger partial charge in [0.25, 0.3) is 15.6 Å². The number of thioether (sulfide) groups is 1. The van der Waals surface area contributed by atoms with Crippen LogP contribution in [0.4, 0.5) is 0 Å². The number of furan rings is 1. The molecule has 0 saturated carbocycles. The molecular weight excluding hydrogens is 468 g/mol. The van der Waals surface area contributed by atoms with E-state index in [1.54, 1.807) is 16.8 Å². The van der Waals surface area contributed by atoms with Gasteiger partial charge in [0.2, 0.25) is 5.09 Å². The highest BCUT2D eigenvalue weighted by atomic mass is 32.2. The molecule has 0 aliphatic carbocycles. The van der Waals surface area contributed by atoms with Crippen molar-refractivity contribution in [2.75, 3.05) is 14.1 Å². The van der Waals surface area contributed by atoms with Gasteiger partial charge in [-0.25, -0.2) is 17.7 Å². The SMILES string of the molecule is Cc1sc2nc(SCc3ccc(S(=O)(=O)N(C)C)o3)n(Cc3ccccn3)c(=O)c2c1C. The number of aromatic nitrogens is 3. The van der Waals surface area contributed by atoms with Gasteiger partial charge >= 0.3 is 0 Å². The maximum atomic E-state index is 13.4. The lowest BCUT2D eigenvalue weighted by molar-refractivity contribution is 0.408. The standard InChI is InChI=1S/C21H22N4O4S3/c1-13-14(2)31-19-18(13)20(26)25(11-15-7-5-6-10-22-15)21(23-19)30-12-16-8-9-17(29-16)32(27,28)24(3)4/h5-10H,11-12H2,1-4H3. The second-order valence-electron chi connectivity index (χ2n) is 7.37. The van der Waals surface area contributed by atoms with Crippen LogP contribution in [0.1, 0.15) is 21.9 Å². The van der Waals surface area contributed by atoms with Crippen molar-refractivity contribution in [3.63, 3.8) is 0 Å². The molecule has 0 N–H and O–H groups in total. The Kier molecular flexibility index (Phi) is 6.26. The number of nitrogens with zero attached hydrogens (tertiary/aromatic N) is 4. The van der Waals surface area contributed by atoms with Crippen LogP contribution in [0.25, 0.3) is 10.2 Å². The van der Waals surface area contributed by atoms with E-state index in [4.69, 9.17) is 9.40 Å². The number of hydrogen-bond acceptors (Lipinski definition) is 8. The lowest BCUT2D eigenvalue weighted by Crippen LogP contribution is -2.24. The Morgan fingerprint density at radius 1 is 1.19 bits per heavy atom. The summed E-state index contributed by atoms with van der Waals surface area (Å²) in [6, 6.07) is 8.63. The van der Waals surface area contributed by atoms with Gasteiger partial charge in [-0.2, -0.15) is 0 Å². The molecular formula is C21H22N4O4S3. The van der Waals surface area contributed by atoms with Crippen molar-refractivity contribution in [1.82, 2.24) is 18.8 Å². The maximum Gasteiger partial charge on any atom is 0.275 e. The summed E-state index contributed by atoms with van der Waals surface area (Å²) in [5.41, 5.74) is 1.58. The smallest absolute Gasteiger partial charge is 0.275 e. The topological polar surface area (TPSA) is 98.3 Å². The highest BCUT2D eigenvalue weighted by Crippen LogP contribution is 2.30. The van der Waals surface area contributed by atoms with Crippen LogP contribution >= 0.6 is 23.1 Å². The van der Waals surface area contributed by atoms with Gasteiger partial charge in [-0.15, -0.1) is 11.3 Å². The third-order valence-corrected chi connectivity index (χ3v) is 8.80. The summed E-state index contributed by atoms with van der Waals surface area (Å²) in [5.74, 6) is 0.805. The highest BCUT2D eigenvalue weighted by molar-refractivity contribution is 7.98. The molecule has 0 spiro atoms. The molecule has 0 saturated heterocycles. The summed E-state index contributed by atoms with van der Waals surface area (Å²) in [5, 5.41) is 1.05. The van der Waals surface area contributed by atoms with Crippen molar-refractivity contribution in [2.24, 2.45) is 0 Å². The van der Waals surface area contributed by atoms with E-state index in [2.05, 4.69) is 4.98 Å². The van der Waals surface area contributed by atoms with Crippen LogP contribution in [0.5, 0.6) is 0 Å².